The third-order valence-corrected chi connectivity index (χ3v) is 5.46. The molecule has 1 aliphatic rings. The predicted molar refractivity (Wildman–Crippen MR) is 127 cm³/mol. The Morgan fingerprint density at radius 3 is 2.26 bits per heavy atom. The van der Waals surface area contributed by atoms with Crippen LogP contribution in [0.15, 0.2) is 54.1 Å². The molecule has 2 aromatic rings. The lowest BCUT2D eigenvalue weighted by molar-refractivity contribution is -0.384. The SMILES string of the molecule is CC(C)COc1ccc(/C(O)=C2\C(=O)C(=O)N(CCN(C)C)[C@H]2c2ccc([N+](=O)[O-])cc2)cc1. The van der Waals surface area contributed by atoms with Crippen molar-refractivity contribution in [3.63, 3.8) is 0 Å². The van der Waals surface area contributed by atoms with E-state index in [1.165, 1.54) is 29.2 Å². The first-order valence-electron chi connectivity index (χ1n) is 11.0. The number of likely N-dealkylation sites (tertiary alicyclic amines) is 1. The number of nitro benzene ring substituents is 1. The number of likely N-dealkylation sites (N-methyl/N-ethyl adjacent to an activating group) is 1. The van der Waals surface area contributed by atoms with Crippen molar-refractivity contribution in [2.75, 3.05) is 33.8 Å². The zero-order chi connectivity index (χ0) is 25.0. The van der Waals surface area contributed by atoms with Crippen LogP contribution in [-0.2, 0) is 9.59 Å². The third kappa shape index (κ3) is 5.43. The van der Waals surface area contributed by atoms with Gasteiger partial charge < -0.3 is 19.6 Å². The minimum absolute atomic E-state index is 0.0477. The van der Waals surface area contributed by atoms with E-state index in [-0.39, 0.29) is 23.6 Å². The average molecular weight is 468 g/mol. The van der Waals surface area contributed by atoms with Crippen LogP contribution in [0.5, 0.6) is 5.75 Å². The molecule has 0 bridgehead atoms. The Balaban J connectivity index is 2.04. The highest BCUT2D eigenvalue weighted by Crippen LogP contribution is 2.39. The van der Waals surface area contributed by atoms with Gasteiger partial charge in [-0.1, -0.05) is 13.8 Å². The molecule has 0 spiro atoms. The van der Waals surface area contributed by atoms with Crippen LogP contribution < -0.4 is 4.74 Å². The molecule has 1 aliphatic heterocycles. The molecule has 1 fully saturated rings. The van der Waals surface area contributed by atoms with E-state index in [1.807, 2.05) is 32.8 Å². The molecule has 180 valence electrons. The molecule has 1 saturated heterocycles. The number of Topliss-reactive ketones (excluding diaryl/α,β-unsaturated/α-hetero) is 1. The van der Waals surface area contributed by atoms with Gasteiger partial charge in [-0.15, -0.1) is 0 Å². The molecule has 34 heavy (non-hydrogen) atoms. The number of ketones is 1. The van der Waals surface area contributed by atoms with Crippen LogP contribution in [0.3, 0.4) is 0 Å². The Kier molecular flexibility index (Phi) is 7.68. The number of carbonyl (C=O) groups excluding carboxylic acids is 2. The van der Waals surface area contributed by atoms with Crippen LogP contribution in [0, 0.1) is 16.0 Å². The average Bonchev–Trinajstić information content (AvgIpc) is 3.06. The quantitative estimate of drug-likeness (QED) is 0.197. The van der Waals surface area contributed by atoms with Crippen molar-refractivity contribution in [1.29, 1.82) is 0 Å². The summed E-state index contributed by atoms with van der Waals surface area (Å²) >= 11 is 0. The van der Waals surface area contributed by atoms with Gasteiger partial charge in [-0.05, 0) is 62.0 Å². The Morgan fingerprint density at radius 2 is 1.74 bits per heavy atom. The number of carbonyl (C=O) groups is 2. The van der Waals surface area contributed by atoms with Crippen molar-refractivity contribution in [2.24, 2.45) is 5.92 Å². The van der Waals surface area contributed by atoms with E-state index in [0.29, 0.717) is 35.9 Å². The number of benzene rings is 2. The smallest absolute Gasteiger partial charge is 0.295 e. The van der Waals surface area contributed by atoms with Gasteiger partial charge in [0.2, 0.25) is 0 Å². The number of aliphatic hydroxyl groups excluding tert-OH is 1. The lowest BCUT2D eigenvalue weighted by Gasteiger charge is -2.26. The van der Waals surface area contributed by atoms with Gasteiger partial charge in [0.25, 0.3) is 17.4 Å². The van der Waals surface area contributed by atoms with Crippen molar-refractivity contribution < 1.29 is 24.4 Å². The number of rotatable bonds is 9. The maximum Gasteiger partial charge on any atom is 0.295 e. The van der Waals surface area contributed by atoms with E-state index >= 15 is 0 Å². The van der Waals surface area contributed by atoms with Crippen LogP contribution in [0.25, 0.3) is 5.76 Å². The Morgan fingerprint density at radius 1 is 1.12 bits per heavy atom. The first-order chi connectivity index (χ1) is 16.1. The second-order valence-electron chi connectivity index (χ2n) is 8.87. The molecule has 1 heterocycles. The molecular weight excluding hydrogens is 438 g/mol. The van der Waals surface area contributed by atoms with Crippen LogP contribution in [-0.4, -0.2) is 65.3 Å². The highest BCUT2D eigenvalue weighted by Gasteiger charge is 2.46. The van der Waals surface area contributed by atoms with Crippen LogP contribution >= 0.6 is 0 Å². The standard InChI is InChI=1S/C25H29N3O6/c1-16(2)15-34-20-11-7-18(8-12-20)23(29)21-22(17-5-9-19(10-6-17)28(32)33)27(14-13-26(3)4)25(31)24(21)30/h5-12,16,22,29H,13-15H2,1-4H3/b23-21+/t22-/m0/s1. The van der Waals surface area contributed by atoms with Gasteiger partial charge in [-0.3, -0.25) is 19.7 Å². The van der Waals surface area contributed by atoms with Gasteiger partial charge in [-0.25, -0.2) is 0 Å². The minimum atomic E-state index is -0.863. The number of nitrogens with zero attached hydrogens (tertiary/aromatic N) is 3. The Bertz CT molecular complexity index is 1090. The second kappa shape index (κ2) is 10.5. The summed E-state index contributed by atoms with van der Waals surface area (Å²) in [6.07, 6.45) is 0. The number of ether oxygens (including phenoxy) is 1. The summed E-state index contributed by atoms with van der Waals surface area (Å²) in [6.45, 7) is 5.36. The van der Waals surface area contributed by atoms with Crippen molar-refractivity contribution in [1.82, 2.24) is 9.80 Å². The number of amides is 1. The molecular formula is C25H29N3O6. The summed E-state index contributed by atoms with van der Waals surface area (Å²) in [5.41, 5.74) is 0.718. The topological polar surface area (TPSA) is 113 Å². The molecule has 0 aromatic heterocycles. The van der Waals surface area contributed by atoms with Crippen molar-refractivity contribution in [3.05, 3.63) is 75.3 Å². The summed E-state index contributed by atoms with van der Waals surface area (Å²) in [4.78, 5) is 39.8. The highest BCUT2D eigenvalue weighted by atomic mass is 16.6. The summed E-state index contributed by atoms with van der Waals surface area (Å²) in [7, 11) is 3.70. The van der Waals surface area contributed by atoms with Crippen molar-refractivity contribution in [2.45, 2.75) is 19.9 Å². The lowest BCUT2D eigenvalue weighted by atomic mass is 9.95. The fourth-order valence-electron chi connectivity index (χ4n) is 3.67. The Hall–Kier alpha value is -3.72. The first kappa shape index (κ1) is 24.9. The van der Waals surface area contributed by atoms with Gasteiger partial charge in [0, 0.05) is 30.8 Å². The van der Waals surface area contributed by atoms with Gasteiger partial charge in [0.15, 0.2) is 0 Å². The maximum absolute atomic E-state index is 13.0. The zero-order valence-corrected chi connectivity index (χ0v) is 19.7. The van der Waals surface area contributed by atoms with Crippen LogP contribution in [0.2, 0.25) is 0 Å². The number of nitro groups is 1. The minimum Gasteiger partial charge on any atom is -0.507 e. The van der Waals surface area contributed by atoms with E-state index in [2.05, 4.69) is 0 Å². The highest BCUT2D eigenvalue weighted by molar-refractivity contribution is 6.46. The monoisotopic (exact) mass is 467 g/mol. The van der Waals surface area contributed by atoms with E-state index in [9.17, 15) is 24.8 Å². The second-order valence-corrected chi connectivity index (χ2v) is 8.87. The number of non-ortho nitro benzene ring substituents is 1. The van der Waals surface area contributed by atoms with Gasteiger partial charge >= 0.3 is 0 Å². The molecule has 0 unspecified atom stereocenters. The molecule has 1 N–H and O–H groups in total. The van der Waals surface area contributed by atoms with E-state index in [4.69, 9.17) is 4.74 Å². The molecule has 1 atom stereocenters. The van der Waals surface area contributed by atoms with Crippen molar-refractivity contribution >= 4 is 23.1 Å². The number of hydrogen-bond acceptors (Lipinski definition) is 7. The lowest BCUT2D eigenvalue weighted by Crippen LogP contribution is -2.35. The zero-order valence-electron chi connectivity index (χ0n) is 19.7. The molecule has 0 radical (unpaired) electrons. The molecule has 0 saturated carbocycles. The van der Waals surface area contributed by atoms with Crippen LogP contribution in [0.1, 0.15) is 31.0 Å². The van der Waals surface area contributed by atoms with E-state index in [0.717, 1.165) is 0 Å². The maximum atomic E-state index is 13.0. The van der Waals surface area contributed by atoms with Gasteiger partial charge in [0.1, 0.15) is 11.5 Å². The van der Waals surface area contributed by atoms with E-state index < -0.39 is 22.7 Å². The van der Waals surface area contributed by atoms with E-state index in [1.54, 1.807) is 24.3 Å². The summed E-state index contributed by atoms with van der Waals surface area (Å²) in [6, 6.07) is 11.4. The molecule has 2 aromatic carbocycles. The fraction of sp³-hybridized carbons (Fsp3) is 0.360. The normalized spacial score (nSPS) is 17.6. The number of aliphatic hydroxyl groups is 1. The first-order valence-corrected chi connectivity index (χ1v) is 11.0. The van der Waals surface area contributed by atoms with Gasteiger partial charge in [-0.2, -0.15) is 0 Å². The third-order valence-electron chi connectivity index (χ3n) is 5.46. The molecule has 3 rings (SSSR count). The van der Waals surface area contributed by atoms with Gasteiger partial charge in [0.05, 0.1) is 23.1 Å². The van der Waals surface area contributed by atoms with Crippen LogP contribution in [0.4, 0.5) is 5.69 Å². The predicted octanol–water partition coefficient (Wildman–Crippen LogP) is 3.61. The summed E-state index contributed by atoms with van der Waals surface area (Å²) < 4.78 is 5.67. The molecule has 1 amide bonds. The van der Waals surface area contributed by atoms with Crippen molar-refractivity contribution in [3.8, 4) is 5.75 Å². The molecule has 9 heteroatoms. The number of hydrogen-bond donors (Lipinski definition) is 1. The summed E-state index contributed by atoms with van der Waals surface area (Å²) in [5, 5.41) is 22.2. The summed E-state index contributed by atoms with van der Waals surface area (Å²) in [5.74, 6) is -0.829. The Labute approximate surface area is 198 Å². The molecule has 0 aliphatic carbocycles. The fourth-order valence-corrected chi connectivity index (χ4v) is 3.67. The largest absolute Gasteiger partial charge is 0.507 e. The molecule has 9 nitrogen and oxygen atoms in total.